The Morgan fingerprint density at radius 2 is 1.36 bits per heavy atom. The van der Waals surface area contributed by atoms with E-state index in [1.54, 1.807) is 0 Å². The van der Waals surface area contributed by atoms with Gasteiger partial charge in [-0.05, 0) is 12.8 Å². The molecule has 0 aliphatic heterocycles. The van der Waals surface area contributed by atoms with Gasteiger partial charge in [0.25, 0.3) is 0 Å². The molecule has 2 heteroatoms. The summed E-state index contributed by atoms with van der Waals surface area (Å²) in [5.74, 6) is 1.76. The summed E-state index contributed by atoms with van der Waals surface area (Å²) in [6.45, 7) is 0. The summed E-state index contributed by atoms with van der Waals surface area (Å²) in [6.07, 6.45) is 5.17. The number of aromatic nitrogens is 2. The summed E-state index contributed by atoms with van der Waals surface area (Å²) in [4.78, 5) is 8.61. The van der Waals surface area contributed by atoms with Gasteiger partial charge in [-0.1, -0.05) is 73.5 Å². The summed E-state index contributed by atoms with van der Waals surface area (Å²) in [6, 6.07) is 21.0. The van der Waals surface area contributed by atoms with Gasteiger partial charge in [-0.3, -0.25) is 0 Å². The fraction of sp³-hybridized carbons (Fsp3) is 0.250. The molecule has 0 amide bonds. The van der Waals surface area contributed by atoms with Crippen LogP contribution in [0, 0.1) is 0 Å². The van der Waals surface area contributed by atoms with Crippen LogP contribution >= 0.6 is 0 Å². The second-order valence-electron chi connectivity index (χ2n) is 6.06. The molecule has 1 fully saturated rings. The lowest BCUT2D eigenvalue weighted by atomic mass is 10.1. The van der Waals surface area contributed by atoms with Gasteiger partial charge < -0.3 is 4.98 Å². The van der Waals surface area contributed by atoms with Crippen LogP contribution in [0.5, 0.6) is 0 Å². The predicted molar refractivity (Wildman–Crippen MR) is 90.7 cm³/mol. The molecule has 22 heavy (non-hydrogen) atoms. The maximum atomic E-state index is 4.98. The number of H-pyrrole nitrogens is 1. The van der Waals surface area contributed by atoms with Crippen LogP contribution in [-0.4, -0.2) is 9.97 Å². The summed E-state index contributed by atoms with van der Waals surface area (Å²) in [5, 5.41) is 0. The molecule has 110 valence electrons. The summed E-state index contributed by atoms with van der Waals surface area (Å²) in [7, 11) is 0. The molecular weight excluding hydrogens is 268 g/mol. The molecule has 3 aromatic rings. The van der Waals surface area contributed by atoms with Crippen molar-refractivity contribution in [2.45, 2.75) is 31.6 Å². The highest BCUT2D eigenvalue weighted by Crippen LogP contribution is 2.37. The van der Waals surface area contributed by atoms with E-state index in [2.05, 4.69) is 65.6 Å². The lowest BCUT2D eigenvalue weighted by Crippen LogP contribution is -1.94. The molecule has 2 aromatic carbocycles. The molecule has 0 bridgehead atoms. The number of hydrogen-bond acceptors (Lipinski definition) is 1. The van der Waals surface area contributed by atoms with Crippen LogP contribution < -0.4 is 0 Å². The van der Waals surface area contributed by atoms with Crippen molar-refractivity contribution in [2.24, 2.45) is 0 Å². The highest BCUT2D eigenvalue weighted by atomic mass is 14.9. The minimum Gasteiger partial charge on any atom is -0.341 e. The van der Waals surface area contributed by atoms with Crippen molar-refractivity contribution in [3.63, 3.8) is 0 Å². The first-order valence-electron chi connectivity index (χ1n) is 8.12. The van der Waals surface area contributed by atoms with Crippen molar-refractivity contribution in [2.75, 3.05) is 0 Å². The van der Waals surface area contributed by atoms with Crippen LogP contribution in [0.25, 0.3) is 22.5 Å². The average molecular weight is 288 g/mol. The molecule has 1 aromatic heterocycles. The monoisotopic (exact) mass is 288 g/mol. The number of nitrogens with one attached hydrogen (secondary N) is 1. The number of benzene rings is 2. The van der Waals surface area contributed by atoms with E-state index < -0.39 is 0 Å². The van der Waals surface area contributed by atoms with Crippen LogP contribution in [0.15, 0.2) is 60.7 Å². The highest BCUT2D eigenvalue weighted by Gasteiger charge is 2.23. The number of rotatable bonds is 3. The van der Waals surface area contributed by atoms with E-state index in [0.29, 0.717) is 5.92 Å². The smallest absolute Gasteiger partial charge is 0.110 e. The van der Waals surface area contributed by atoms with Gasteiger partial charge in [-0.25, -0.2) is 4.98 Å². The lowest BCUT2D eigenvalue weighted by Gasteiger charge is -2.03. The molecule has 1 aliphatic rings. The topological polar surface area (TPSA) is 28.7 Å². The van der Waals surface area contributed by atoms with E-state index in [1.807, 2.05) is 0 Å². The van der Waals surface area contributed by atoms with Gasteiger partial charge >= 0.3 is 0 Å². The third-order valence-electron chi connectivity index (χ3n) is 4.57. The Morgan fingerprint density at radius 3 is 2.00 bits per heavy atom. The first-order valence-corrected chi connectivity index (χ1v) is 8.12. The zero-order chi connectivity index (χ0) is 14.8. The van der Waals surface area contributed by atoms with Gasteiger partial charge in [-0.2, -0.15) is 0 Å². The Bertz CT molecular complexity index is 681. The molecule has 1 aliphatic carbocycles. The van der Waals surface area contributed by atoms with Gasteiger partial charge in [0.05, 0.1) is 11.4 Å². The van der Waals surface area contributed by atoms with Crippen LogP contribution in [0.1, 0.15) is 37.4 Å². The van der Waals surface area contributed by atoms with Gasteiger partial charge in [0.2, 0.25) is 0 Å². The first-order chi connectivity index (χ1) is 10.9. The summed E-state index contributed by atoms with van der Waals surface area (Å²) in [5.41, 5.74) is 4.61. The first kappa shape index (κ1) is 13.3. The summed E-state index contributed by atoms with van der Waals surface area (Å²) < 4.78 is 0. The molecular formula is C20H20N2. The quantitative estimate of drug-likeness (QED) is 0.686. The van der Waals surface area contributed by atoms with Crippen molar-refractivity contribution >= 4 is 0 Å². The SMILES string of the molecule is c1ccc(-c2nc(C3CCCC3)[nH]c2-c2ccccc2)cc1. The Balaban J connectivity index is 1.84. The van der Waals surface area contributed by atoms with E-state index >= 15 is 0 Å². The van der Waals surface area contributed by atoms with Crippen molar-refractivity contribution in [1.82, 2.24) is 9.97 Å². The van der Waals surface area contributed by atoms with Crippen molar-refractivity contribution in [3.05, 3.63) is 66.5 Å². The third kappa shape index (κ3) is 2.45. The molecule has 0 radical (unpaired) electrons. The second-order valence-corrected chi connectivity index (χ2v) is 6.06. The Morgan fingerprint density at radius 1 is 0.773 bits per heavy atom. The zero-order valence-corrected chi connectivity index (χ0v) is 12.6. The maximum absolute atomic E-state index is 4.98. The fourth-order valence-electron chi connectivity index (χ4n) is 3.40. The van der Waals surface area contributed by atoms with Crippen molar-refractivity contribution in [3.8, 4) is 22.5 Å². The van der Waals surface area contributed by atoms with Gasteiger partial charge in [-0.15, -0.1) is 0 Å². The molecule has 0 unspecified atom stereocenters. The van der Waals surface area contributed by atoms with Gasteiger partial charge in [0, 0.05) is 17.0 Å². The molecule has 4 rings (SSSR count). The number of hydrogen-bond donors (Lipinski definition) is 1. The third-order valence-corrected chi connectivity index (χ3v) is 4.57. The van der Waals surface area contributed by atoms with Crippen LogP contribution in [0.3, 0.4) is 0 Å². The minimum atomic E-state index is 0.597. The van der Waals surface area contributed by atoms with Crippen LogP contribution in [0.2, 0.25) is 0 Å². The second kappa shape index (κ2) is 5.80. The minimum absolute atomic E-state index is 0.597. The normalized spacial score (nSPS) is 15.3. The molecule has 0 spiro atoms. The van der Waals surface area contributed by atoms with E-state index in [0.717, 1.165) is 17.2 Å². The van der Waals surface area contributed by atoms with E-state index in [9.17, 15) is 0 Å². The van der Waals surface area contributed by atoms with Gasteiger partial charge in [0.15, 0.2) is 0 Å². The molecule has 0 saturated heterocycles. The van der Waals surface area contributed by atoms with Crippen LogP contribution in [-0.2, 0) is 0 Å². The zero-order valence-electron chi connectivity index (χ0n) is 12.6. The number of nitrogens with zero attached hydrogens (tertiary/aromatic N) is 1. The Labute approximate surface area is 131 Å². The van der Waals surface area contributed by atoms with Crippen LogP contribution in [0.4, 0.5) is 0 Å². The molecule has 0 atom stereocenters. The maximum Gasteiger partial charge on any atom is 0.110 e. The Hall–Kier alpha value is -2.35. The van der Waals surface area contributed by atoms with E-state index in [4.69, 9.17) is 4.98 Å². The molecule has 1 heterocycles. The average Bonchev–Trinajstić information content (AvgIpc) is 3.26. The van der Waals surface area contributed by atoms with E-state index in [-0.39, 0.29) is 0 Å². The number of imidazole rings is 1. The van der Waals surface area contributed by atoms with Crippen molar-refractivity contribution < 1.29 is 0 Å². The van der Waals surface area contributed by atoms with Crippen molar-refractivity contribution in [1.29, 1.82) is 0 Å². The fourth-order valence-corrected chi connectivity index (χ4v) is 3.40. The van der Waals surface area contributed by atoms with Gasteiger partial charge in [0.1, 0.15) is 5.82 Å². The Kier molecular flexibility index (Phi) is 3.51. The lowest BCUT2D eigenvalue weighted by molar-refractivity contribution is 0.679. The largest absolute Gasteiger partial charge is 0.341 e. The standard InChI is InChI=1S/C20H20N2/c1-3-9-15(10-4-1)18-19(16-11-5-2-6-12-16)22-20(21-18)17-13-7-8-14-17/h1-6,9-12,17H,7-8,13-14H2,(H,21,22). The number of aromatic amines is 1. The molecule has 2 nitrogen and oxygen atoms in total. The molecule has 1 N–H and O–H groups in total. The molecule has 1 saturated carbocycles. The van der Waals surface area contributed by atoms with E-state index in [1.165, 1.54) is 36.8 Å². The summed E-state index contributed by atoms with van der Waals surface area (Å²) >= 11 is 0. The predicted octanol–water partition coefficient (Wildman–Crippen LogP) is 5.40. The highest BCUT2D eigenvalue weighted by molar-refractivity contribution is 5.78.